The summed E-state index contributed by atoms with van der Waals surface area (Å²) in [4.78, 5) is 40.5. The minimum absolute atomic E-state index is 0.0466. The molecule has 8 heteroatoms. The highest BCUT2D eigenvalue weighted by Gasteiger charge is 2.43. The van der Waals surface area contributed by atoms with E-state index in [0.717, 1.165) is 10.5 Å². The van der Waals surface area contributed by atoms with E-state index in [4.69, 9.17) is 10.2 Å². The fourth-order valence-electron chi connectivity index (χ4n) is 3.66. The average molecular weight is 458 g/mol. The van der Waals surface area contributed by atoms with Gasteiger partial charge in [-0.2, -0.15) is 0 Å². The normalized spacial score (nSPS) is 14.4. The second-order valence-electron chi connectivity index (χ2n) is 9.68. The molecule has 0 saturated carbocycles. The lowest BCUT2D eigenvalue weighted by atomic mass is 9.96. The van der Waals surface area contributed by atoms with Gasteiger partial charge in [0, 0.05) is 5.54 Å². The fraction of sp³-hybridized carbons (Fsp3) is 0.480. The number of amides is 2. The Bertz CT molecular complexity index is 919. The van der Waals surface area contributed by atoms with Crippen molar-refractivity contribution >= 4 is 17.8 Å². The lowest BCUT2D eigenvalue weighted by Gasteiger charge is -2.37. The van der Waals surface area contributed by atoms with Crippen molar-refractivity contribution in [1.82, 2.24) is 10.2 Å². The first-order chi connectivity index (χ1) is 15.4. The molecule has 0 aliphatic rings. The first-order valence-corrected chi connectivity index (χ1v) is 11.1. The van der Waals surface area contributed by atoms with Gasteiger partial charge in [0.1, 0.15) is 11.8 Å². The Labute approximate surface area is 195 Å². The smallest absolute Gasteiger partial charge is 0.326 e. The van der Waals surface area contributed by atoms with Crippen molar-refractivity contribution in [3.63, 3.8) is 0 Å². The van der Waals surface area contributed by atoms with Crippen LogP contribution in [0.5, 0.6) is 0 Å². The molecule has 33 heavy (non-hydrogen) atoms. The maximum atomic E-state index is 13.7. The van der Waals surface area contributed by atoms with E-state index in [1.807, 2.05) is 44.2 Å². The SMILES string of the molecule is CC(C)C[C@@H](C(=O)O)N(C(=O)[C@@H](N)Cc1ccccc1)C(C(=O)NC(C)(C)C)c1ccco1. The van der Waals surface area contributed by atoms with E-state index in [9.17, 15) is 19.5 Å². The van der Waals surface area contributed by atoms with Gasteiger partial charge in [0.15, 0.2) is 6.04 Å². The van der Waals surface area contributed by atoms with Crippen LogP contribution >= 0.6 is 0 Å². The molecule has 0 aliphatic heterocycles. The molecule has 180 valence electrons. The molecule has 0 bridgehead atoms. The molecule has 2 amide bonds. The molecular weight excluding hydrogens is 422 g/mol. The van der Waals surface area contributed by atoms with E-state index in [2.05, 4.69) is 5.32 Å². The number of rotatable bonds is 10. The number of hydrogen-bond acceptors (Lipinski definition) is 5. The summed E-state index contributed by atoms with van der Waals surface area (Å²) in [6.07, 6.45) is 1.74. The number of hydrogen-bond donors (Lipinski definition) is 3. The van der Waals surface area contributed by atoms with Gasteiger partial charge in [-0.05, 0) is 57.2 Å². The maximum absolute atomic E-state index is 13.7. The van der Waals surface area contributed by atoms with Crippen molar-refractivity contribution < 1.29 is 23.9 Å². The van der Waals surface area contributed by atoms with E-state index in [1.54, 1.807) is 32.9 Å². The van der Waals surface area contributed by atoms with Gasteiger partial charge in [-0.3, -0.25) is 9.59 Å². The van der Waals surface area contributed by atoms with Gasteiger partial charge >= 0.3 is 5.97 Å². The highest BCUT2D eigenvalue weighted by molar-refractivity contribution is 5.93. The molecule has 1 heterocycles. The zero-order valence-electron chi connectivity index (χ0n) is 19.9. The Morgan fingerprint density at radius 2 is 1.73 bits per heavy atom. The maximum Gasteiger partial charge on any atom is 0.326 e. The van der Waals surface area contributed by atoms with Crippen molar-refractivity contribution in [2.24, 2.45) is 11.7 Å². The third-order valence-electron chi connectivity index (χ3n) is 5.02. The number of carboxylic acids is 1. The third-order valence-corrected chi connectivity index (χ3v) is 5.02. The molecule has 2 rings (SSSR count). The largest absolute Gasteiger partial charge is 0.480 e. The molecular formula is C25H35N3O5. The van der Waals surface area contributed by atoms with E-state index < -0.39 is 41.4 Å². The molecule has 0 fully saturated rings. The van der Waals surface area contributed by atoms with E-state index in [0.29, 0.717) is 0 Å². The molecule has 0 spiro atoms. The van der Waals surface area contributed by atoms with Gasteiger partial charge in [-0.1, -0.05) is 44.2 Å². The molecule has 0 radical (unpaired) electrons. The second-order valence-corrected chi connectivity index (χ2v) is 9.68. The van der Waals surface area contributed by atoms with Crippen LogP contribution in [0.2, 0.25) is 0 Å². The fourth-order valence-corrected chi connectivity index (χ4v) is 3.66. The first kappa shape index (κ1) is 26.1. The average Bonchev–Trinajstić information content (AvgIpc) is 3.23. The number of carboxylic acid groups (broad SMARTS) is 1. The summed E-state index contributed by atoms with van der Waals surface area (Å²) in [5.74, 6) is -2.24. The van der Waals surface area contributed by atoms with Crippen molar-refractivity contribution in [1.29, 1.82) is 0 Å². The molecule has 8 nitrogen and oxygen atoms in total. The number of carbonyl (C=O) groups is 3. The van der Waals surface area contributed by atoms with Gasteiger partial charge in [-0.15, -0.1) is 0 Å². The van der Waals surface area contributed by atoms with Gasteiger partial charge in [0.25, 0.3) is 5.91 Å². The zero-order chi connectivity index (χ0) is 24.8. The van der Waals surface area contributed by atoms with Crippen LogP contribution in [-0.2, 0) is 20.8 Å². The summed E-state index contributed by atoms with van der Waals surface area (Å²) in [5.41, 5.74) is 6.52. The molecule has 0 aliphatic carbocycles. The lowest BCUT2D eigenvalue weighted by molar-refractivity contribution is -0.157. The number of carbonyl (C=O) groups excluding carboxylic acids is 2. The van der Waals surface area contributed by atoms with Crippen LogP contribution in [0.15, 0.2) is 53.1 Å². The first-order valence-electron chi connectivity index (χ1n) is 11.1. The minimum Gasteiger partial charge on any atom is -0.480 e. The predicted octanol–water partition coefficient (Wildman–Crippen LogP) is 3.13. The van der Waals surface area contributed by atoms with E-state index in [1.165, 1.54) is 6.26 Å². The number of nitrogens with two attached hydrogens (primary N) is 1. The molecule has 3 atom stereocenters. The highest BCUT2D eigenvalue weighted by atomic mass is 16.4. The molecule has 1 unspecified atom stereocenters. The Balaban J connectivity index is 2.55. The highest BCUT2D eigenvalue weighted by Crippen LogP contribution is 2.29. The van der Waals surface area contributed by atoms with E-state index in [-0.39, 0.29) is 24.5 Å². The van der Waals surface area contributed by atoms with Gasteiger partial charge in [0.2, 0.25) is 5.91 Å². The van der Waals surface area contributed by atoms with Gasteiger partial charge in [-0.25, -0.2) is 4.79 Å². The Morgan fingerprint density at radius 3 is 2.21 bits per heavy atom. The van der Waals surface area contributed by atoms with Gasteiger partial charge < -0.3 is 25.5 Å². The van der Waals surface area contributed by atoms with Crippen LogP contribution in [-0.4, -0.2) is 45.4 Å². The molecule has 0 saturated heterocycles. The quantitative estimate of drug-likeness (QED) is 0.503. The Kier molecular flexibility index (Phi) is 8.82. The summed E-state index contributed by atoms with van der Waals surface area (Å²) < 4.78 is 5.51. The van der Waals surface area contributed by atoms with Crippen LogP contribution in [0.3, 0.4) is 0 Å². The third kappa shape index (κ3) is 7.46. The number of nitrogens with one attached hydrogen (secondary N) is 1. The van der Waals surface area contributed by atoms with Crippen LogP contribution in [0, 0.1) is 5.92 Å². The number of nitrogens with zero attached hydrogens (tertiary/aromatic N) is 1. The number of aliphatic carboxylic acids is 1. The Hall–Kier alpha value is -3.13. The second kappa shape index (κ2) is 11.1. The summed E-state index contributed by atoms with van der Waals surface area (Å²) in [7, 11) is 0. The molecule has 1 aromatic carbocycles. The summed E-state index contributed by atoms with van der Waals surface area (Å²) in [6.45, 7) is 9.14. The minimum atomic E-state index is -1.28. The van der Waals surface area contributed by atoms with Crippen molar-refractivity contribution in [2.75, 3.05) is 0 Å². The van der Waals surface area contributed by atoms with Crippen LogP contribution in [0.25, 0.3) is 0 Å². The van der Waals surface area contributed by atoms with Crippen LogP contribution in [0.1, 0.15) is 58.4 Å². The monoisotopic (exact) mass is 457 g/mol. The molecule has 4 N–H and O–H groups in total. The summed E-state index contributed by atoms with van der Waals surface area (Å²) in [6, 6.07) is 8.79. The van der Waals surface area contributed by atoms with Crippen LogP contribution < -0.4 is 11.1 Å². The molecule has 2 aromatic rings. The zero-order valence-corrected chi connectivity index (χ0v) is 19.9. The van der Waals surface area contributed by atoms with Crippen molar-refractivity contribution in [2.45, 2.75) is 71.1 Å². The molecule has 1 aromatic heterocycles. The standard InChI is InChI=1S/C25H35N3O5/c1-16(2)14-19(24(31)32)28(23(30)18(26)15-17-10-7-6-8-11-17)21(20-12-9-13-33-20)22(29)27-25(3,4)5/h6-13,16,18-19,21H,14-15,26H2,1-5H3,(H,27,29)(H,31,32)/t18-,19-,21?/m0/s1. The topological polar surface area (TPSA) is 126 Å². The number of furan rings is 1. The summed E-state index contributed by atoms with van der Waals surface area (Å²) in [5, 5.41) is 12.9. The predicted molar refractivity (Wildman–Crippen MR) is 125 cm³/mol. The van der Waals surface area contributed by atoms with E-state index >= 15 is 0 Å². The lowest BCUT2D eigenvalue weighted by Crippen LogP contribution is -2.58. The van der Waals surface area contributed by atoms with Crippen molar-refractivity contribution in [3.05, 3.63) is 60.1 Å². The van der Waals surface area contributed by atoms with Crippen molar-refractivity contribution in [3.8, 4) is 0 Å². The van der Waals surface area contributed by atoms with Crippen LogP contribution in [0.4, 0.5) is 0 Å². The number of benzene rings is 1. The Morgan fingerprint density at radius 1 is 1.09 bits per heavy atom. The summed E-state index contributed by atoms with van der Waals surface area (Å²) >= 11 is 0. The van der Waals surface area contributed by atoms with Gasteiger partial charge in [0.05, 0.1) is 12.3 Å².